The average Bonchev–Trinajstić information content (AvgIpc) is 2.54. The molecule has 126 valence electrons. The number of carbonyl (C=O) groups excluding carboxylic acids is 1. The SMILES string of the molecule is CC(=O)NC(C)CCc1ccc(Oc2ccc([N+](=O)[O-])cn2)cc1. The first kappa shape index (κ1) is 17.4. The van der Waals surface area contributed by atoms with Crippen LogP contribution in [0.2, 0.25) is 0 Å². The lowest BCUT2D eigenvalue weighted by molar-refractivity contribution is -0.385. The molecule has 2 aromatic rings. The van der Waals surface area contributed by atoms with Crippen LogP contribution in [0.15, 0.2) is 42.6 Å². The largest absolute Gasteiger partial charge is 0.439 e. The van der Waals surface area contributed by atoms with Gasteiger partial charge in [0.1, 0.15) is 11.9 Å². The van der Waals surface area contributed by atoms with Crippen LogP contribution < -0.4 is 10.1 Å². The van der Waals surface area contributed by atoms with Gasteiger partial charge in [0, 0.05) is 25.1 Å². The van der Waals surface area contributed by atoms with Crippen molar-refractivity contribution in [3.05, 3.63) is 58.3 Å². The molecule has 7 nitrogen and oxygen atoms in total. The zero-order chi connectivity index (χ0) is 17.5. The fourth-order valence-electron chi connectivity index (χ4n) is 2.19. The summed E-state index contributed by atoms with van der Waals surface area (Å²) < 4.78 is 5.56. The molecule has 1 aromatic heterocycles. The summed E-state index contributed by atoms with van der Waals surface area (Å²) in [4.78, 5) is 24.9. The number of hydrogen-bond acceptors (Lipinski definition) is 5. The maximum atomic E-state index is 11.0. The summed E-state index contributed by atoms with van der Waals surface area (Å²) in [6.45, 7) is 3.48. The van der Waals surface area contributed by atoms with Crippen molar-refractivity contribution < 1.29 is 14.5 Å². The van der Waals surface area contributed by atoms with E-state index >= 15 is 0 Å². The van der Waals surface area contributed by atoms with E-state index in [1.54, 1.807) is 0 Å². The fourth-order valence-corrected chi connectivity index (χ4v) is 2.19. The number of pyridine rings is 1. The number of ether oxygens (including phenoxy) is 1. The van der Waals surface area contributed by atoms with E-state index in [0.29, 0.717) is 11.6 Å². The number of carbonyl (C=O) groups is 1. The summed E-state index contributed by atoms with van der Waals surface area (Å²) >= 11 is 0. The predicted octanol–water partition coefficient (Wildman–Crippen LogP) is 3.24. The second kappa shape index (κ2) is 8.05. The van der Waals surface area contributed by atoms with Gasteiger partial charge < -0.3 is 10.1 Å². The van der Waals surface area contributed by atoms with Crippen molar-refractivity contribution in [2.45, 2.75) is 32.7 Å². The molecule has 0 aliphatic carbocycles. The molecule has 0 fully saturated rings. The molecule has 1 atom stereocenters. The first-order valence-electron chi connectivity index (χ1n) is 7.58. The fraction of sp³-hybridized carbons (Fsp3) is 0.294. The molecule has 1 heterocycles. The van der Waals surface area contributed by atoms with E-state index in [4.69, 9.17) is 4.74 Å². The van der Waals surface area contributed by atoms with Crippen molar-refractivity contribution in [3.63, 3.8) is 0 Å². The molecule has 1 amide bonds. The Hall–Kier alpha value is -2.96. The predicted molar refractivity (Wildman–Crippen MR) is 89.0 cm³/mol. The second-order valence-corrected chi connectivity index (χ2v) is 5.50. The van der Waals surface area contributed by atoms with Crippen molar-refractivity contribution >= 4 is 11.6 Å². The van der Waals surface area contributed by atoms with Crippen LogP contribution in [0.5, 0.6) is 11.6 Å². The Labute approximate surface area is 139 Å². The molecule has 1 N–H and O–H groups in total. The van der Waals surface area contributed by atoms with Gasteiger partial charge in [0.25, 0.3) is 5.69 Å². The molecule has 2 rings (SSSR count). The first-order valence-corrected chi connectivity index (χ1v) is 7.58. The Kier molecular flexibility index (Phi) is 5.83. The molecule has 7 heteroatoms. The minimum atomic E-state index is -0.506. The highest BCUT2D eigenvalue weighted by Crippen LogP contribution is 2.22. The van der Waals surface area contributed by atoms with Crippen LogP contribution in [-0.2, 0) is 11.2 Å². The zero-order valence-corrected chi connectivity index (χ0v) is 13.6. The number of nitrogens with one attached hydrogen (secondary N) is 1. The summed E-state index contributed by atoms with van der Waals surface area (Å²) in [5.74, 6) is 0.879. The van der Waals surface area contributed by atoms with Gasteiger partial charge in [-0.05, 0) is 37.5 Å². The van der Waals surface area contributed by atoms with Crippen molar-refractivity contribution in [2.24, 2.45) is 0 Å². The van der Waals surface area contributed by atoms with Crippen LogP contribution in [0.25, 0.3) is 0 Å². The van der Waals surface area contributed by atoms with Gasteiger partial charge in [0.05, 0.1) is 4.92 Å². The molecule has 0 spiro atoms. The van der Waals surface area contributed by atoms with Gasteiger partial charge in [0.15, 0.2) is 0 Å². The van der Waals surface area contributed by atoms with E-state index < -0.39 is 4.92 Å². The van der Waals surface area contributed by atoms with Crippen molar-refractivity contribution in [3.8, 4) is 11.6 Å². The zero-order valence-electron chi connectivity index (χ0n) is 13.6. The third-order valence-electron chi connectivity index (χ3n) is 3.39. The average molecular weight is 329 g/mol. The Morgan fingerprint density at radius 2 is 2.00 bits per heavy atom. The van der Waals surface area contributed by atoms with Crippen LogP contribution in [0.3, 0.4) is 0 Å². The third-order valence-corrected chi connectivity index (χ3v) is 3.39. The number of aromatic nitrogens is 1. The van der Waals surface area contributed by atoms with Crippen LogP contribution in [0.4, 0.5) is 5.69 Å². The van der Waals surface area contributed by atoms with E-state index in [1.807, 2.05) is 31.2 Å². The number of nitrogens with zero attached hydrogens (tertiary/aromatic N) is 2. The molecular formula is C17H19N3O4. The van der Waals surface area contributed by atoms with Crippen molar-refractivity contribution in [1.29, 1.82) is 0 Å². The minimum absolute atomic E-state index is 0.0261. The van der Waals surface area contributed by atoms with E-state index in [-0.39, 0.29) is 17.6 Å². The number of aryl methyl sites for hydroxylation is 1. The quantitative estimate of drug-likeness (QED) is 0.621. The Balaban J connectivity index is 1.89. The highest BCUT2D eigenvalue weighted by molar-refractivity contribution is 5.73. The monoisotopic (exact) mass is 329 g/mol. The maximum absolute atomic E-state index is 11.0. The molecule has 24 heavy (non-hydrogen) atoms. The lowest BCUT2D eigenvalue weighted by Crippen LogP contribution is -2.30. The summed E-state index contributed by atoms with van der Waals surface area (Å²) in [5.41, 5.74) is 1.06. The molecule has 0 aliphatic heterocycles. The number of benzene rings is 1. The van der Waals surface area contributed by atoms with Crippen molar-refractivity contribution in [2.75, 3.05) is 0 Å². The van der Waals surface area contributed by atoms with Gasteiger partial charge in [-0.2, -0.15) is 0 Å². The molecule has 0 bridgehead atoms. The van der Waals surface area contributed by atoms with E-state index in [1.165, 1.54) is 19.1 Å². The molecule has 0 saturated carbocycles. The summed E-state index contributed by atoms with van der Waals surface area (Å²) in [5, 5.41) is 13.4. The minimum Gasteiger partial charge on any atom is -0.439 e. The van der Waals surface area contributed by atoms with Crippen LogP contribution in [-0.4, -0.2) is 21.9 Å². The normalized spacial score (nSPS) is 11.6. The Morgan fingerprint density at radius 1 is 1.29 bits per heavy atom. The molecule has 1 unspecified atom stereocenters. The van der Waals surface area contributed by atoms with Gasteiger partial charge in [-0.15, -0.1) is 0 Å². The summed E-state index contributed by atoms with van der Waals surface area (Å²) in [6, 6.07) is 10.5. The Morgan fingerprint density at radius 3 is 2.54 bits per heavy atom. The van der Waals surface area contributed by atoms with Crippen LogP contribution >= 0.6 is 0 Å². The highest BCUT2D eigenvalue weighted by atomic mass is 16.6. The lowest BCUT2D eigenvalue weighted by Gasteiger charge is -2.12. The van der Waals surface area contributed by atoms with Gasteiger partial charge >= 0.3 is 0 Å². The molecule has 0 saturated heterocycles. The van der Waals surface area contributed by atoms with Crippen LogP contribution in [0.1, 0.15) is 25.8 Å². The Bertz CT molecular complexity index is 699. The van der Waals surface area contributed by atoms with Gasteiger partial charge in [-0.25, -0.2) is 4.98 Å². The van der Waals surface area contributed by atoms with E-state index in [2.05, 4.69) is 10.3 Å². The lowest BCUT2D eigenvalue weighted by atomic mass is 10.1. The first-order chi connectivity index (χ1) is 11.4. The summed E-state index contributed by atoms with van der Waals surface area (Å²) in [7, 11) is 0. The molecular weight excluding hydrogens is 310 g/mol. The van der Waals surface area contributed by atoms with Gasteiger partial charge in [0.2, 0.25) is 11.8 Å². The highest BCUT2D eigenvalue weighted by Gasteiger charge is 2.07. The second-order valence-electron chi connectivity index (χ2n) is 5.50. The smallest absolute Gasteiger partial charge is 0.287 e. The number of amides is 1. The molecule has 0 radical (unpaired) electrons. The van der Waals surface area contributed by atoms with Gasteiger partial charge in [-0.1, -0.05) is 12.1 Å². The van der Waals surface area contributed by atoms with Gasteiger partial charge in [-0.3, -0.25) is 14.9 Å². The third kappa shape index (κ3) is 5.35. The topological polar surface area (TPSA) is 94.4 Å². The molecule has 1 aromatic carbocycles. The van der Waals surface area contributed by atoms with E-state index in [9.17, 15) is 14.9 Å². The number of hydrogen-bond donors (Lipinski definition) is 1. The van der Waals surface area contributed by atoms with Crippen LogP contribution in [0, 0.1) is 10.1 Å². The van der Waals surface area contributed by atoms with Crippen molar-refractivity contribution in [1.82, 2.24) is 10.3 Å². The van der Waals surface area contributed by atoms with E-state index in [0.717, 1.165) is 24.6 Å². The standard InChI is InChI=1S/C17H19N3O4/c1-12(19-13(2)21)3-4-14-5-8-16(9-6-14)24-17-10-7-15(11-18-17)20(22)23/h5-12H,3-4H2,1-2H3,(H,19,21). The number of nitro groups is 1. The molecule has 0 aliphatic rings. The number of rotatable bonds is 7. The maximum Gasteiger partial charge on any atom is 0.287 e. The summed E-state index contributed by atoms with van der Waals surface area (Å²) in [6.07, 6.45) is 2.86.